The van der Waals surface area contributed by atoms with Crippen molar-refractivity contribution >= 4 is 0 Å². The number of unbranched alkanes of at least 4 members (excludes halogenated alkanes) is 3. The number of phenols is 3. The Labute approximate surface area is 319 Å². The van der Waals surface area contributed by atoms with Crippen molar-refractivity contribution in [2.75, 3.05) is 59.5 Å². The van der Waals surface area contributed by atoms with Crippen LogP contribution in [0.4, 0.5) is 0 Å². The third-order valence-electron chi connectivity index (χ3n) is 8.88. The largest absolute Gasteiger partial charge is 0.507 e. The highest BCUT2D eigenvalue weighted by molar-refractivity contribution is 5.77. The summed E-state index contributed by atoms with van der Waals surface area (Å²) in [6, 6.07) is 10.3. The van der Waals surface area contributed by atoms with Crippen LogP contribution >= 0.6 is 0 Å². The molecule has 3 aromatic carbocycles. The van der Waals surface area contributed by atoms with Gasteiger partial charge in [-0.1, -0.05) is 40.0 Å². The predicted molar refractivity (Wildman–Crippen MR) is 209 cm³/mol. The number of benzene rings is 3. The fourth-order valence-electron chi connectivity index (χ4n) is 5.47. The molecule has 0 radical (unpaired) electrons. The summed E-state index contributed by atoms with van der Waals surface area (Å²) >= 11 is 0. The van der Waals surface area contributed by atoms with E-state index in [2.05, 4.69) is 20.8 Å². The number of ether oxygens (including phenoxy) is 6. The Morgan fingerprint density at radius 3 is 0.944 bits per heavy atom. The van der Waals surface area contributed by atoms with Crippen LogP contribution in [0.15, 0.2) is 36.4 Å². The first kappa shape index (κ1) is 42.1. The van der Waals surface area contributed by atoms with Gasteiger partial charge in [0.25, 0.3) is 0 Å². The van der Waals surface area contributed by atoms with E-state index in [0.717, 1.165) is 38.5 Å². The zero-order chi connectivity index (χ0) is 38.9. The van der Waals surface area contributed by atoms with Gasteiger partial charge in [0.2, 0.25) is 0 Å². The number of phenolic OH excluding ortho intramolecular Hbond substituents is 3. The Kier molecular flexibility index (Phi) is 17.1. The second-order valence-electron chi connectivity index (χ2n) is 13.0. The van der Waals surface area contributed by atoms with E-state index >= 15 is 0 Å². The number of aromatic nitrogens is 3. The molecule has 12 heteroatoms. The van der Waals surface area contributed by atoms with Crippen molar-refractivity contribution in [3.05, 3.63) is 53.1 Å². The highest BCUT2D eigenvalue weighted by atomic mass is 16.5. The third kappa shape index (κ3) is 11.4. The van der Waals surface area contributed by atoms with Gasteiger partial charge >= 0.3 is 0 Å². The van der Waals surface area contributed by atoms with Crippen LogP contribution in [0.3, 0.4) is 0 Å². The van der Waals surface area contributed by atoms with Crippen LogP contribution < -0.4 is 14.2 Å². The lowest BCUT2D eigenvalue weighted by molar-refractivity contribution is 0.0977. The molecular weight excluding hydrogens is 690 g/mol. The van der Waals surface area contributed by atoms with E-state index in [1.54, 1.807) is 57.2 Å². The minimum absolute atomic E-state index is 0.0712. The van der Waals surface area contributed by atoms with Crippen molar-refractivity contribution in [2.24, 2.45) is 0 Å². The molecule has 1 heterocycles. The highest BCUT2D eigenvalue weighted by Crippen LogP contribution is 2.41. The summed E-state index contributed by atoms with van der Waals surface area (Å²) < 4.78 is 34.6. The van der Waals surface area contributed by atoms with Gasteiger partial charge in [0, 0.05) is 36.5 Å². The van der Waals surface area contributed by atoms with E-state index in [9.17, 15) is 15.3 Å². The normalized spacial score (nSPS) is 11.2. The van der Waals surface area contributed by atoms with Crippen LogP contribution in [-0.2, 0) is 14.2 Å². The van der Waals surface area contributed by atoms with Gasteiger partial charge < -0.3 is 43.7 Å². The molecule has 0 fully saturated rings. The van der Waals surface area contributed by atoms with E-state index in [1.807, 2.05) is 0 Å². The van der Waals surface area contributed by atoms with Crippen LogP contribution in [-0.4, -0.2) is 89.7 Å². The van der Waals surface area contributed by atoms with Gasteiger partial charge in [-0.2, -0.15) is 0 Å². The number of aromatic hydroxyl groups is 3. The topological polar surface area (TPSA) is 155 Å². The van der Waals surface area contributed by atoms with Gasteiger partial charge in [-0.05, 0) is 76.4 Å². The summed E-state index contributed by atoms with van der Waals surface area (Å²) in [5.74, 6) is 1.70. The lowest BCUT2D eigenvalue weighted by Crippen LogP contribution is -2.09. The zero-order valence-electron chi connectivity index (χ0n) is 32.7. The molecule has 3 N–H and O–H groups in total. The van der Waals surface area contributed by atoms with E-state index < -0.39 is 0 Å². The monoisotopic (exact) mass is 747 g/mol. The summed E-state index contributed by atoms with van der Waals surface area (Å²) in [5.41, 5.74) is 2.47. The van der Waals surface area contributed by atoms with Gasteiger partial charge in [-0.15, -0.1) is 0 Å². The fourth-order valence-corrected chi connectivity index (χ4v) is 5.47. The molecular formula is C42H57N3O9. The van der Waals surface area contributed by atoms with Crippen LogP contribution in [0, 0.1) is 20.8 Å². The molecule has 4 aromatic rings. The van der Waals surface area contributed by atoms with Crippen molar-refractivity contribution in [3.63, 3.8) is 0 Å². The van der Waals surface area contributed by atoms with Gasteiger partial charge in [-0.3, -0.25) is 0 Å². The number of nitrogens with zero attached hydrogens (tertiary/aromatic N) is 3. The Morgan fingerprint density at radius 1 is 0.407 bits per heavy atom. The first-order chi connectivity index (χ1) is 26.2. The third-order valence-corrected chi connectivity index (χ3v) is 8.88. The summed E-state index contributed by atoms with van der Waals surface area (Å²) in [7, 11) is 0. The van der Waals surface area contributed by atoms with Gasteiger partial charge in [0.05, 0.1) is 36.5 Å². The summed E-state index contributed by atoms with van der Waals surface area (Å²) in [6.07, 6.45) is 6.11. The molecule has 0 aliphatic carbocycles. The maximum atomic E-state index is 11.4. The van der Waals surface area contributed by atoms with Crippen molar-refractivity contribution in [1.29, 1.82) is 0 Å². The molecule has 0 atom stereocenters. The van der Waals surface area contributed by atoms with E-state index in [-0.39, 0.29) is 34.7 Å². The van der Waals surface area contributed by atoms with Crippen molar-refractivity contribution in [3.8, 4) is 68.7 Å². The molecule has 0 aliphatic rings. The Balaban J connectivity index is 1.69. The van der Waals surface area contributed by atoms with E-state index in [0.29, 0.717) is 110 Å². The van der Waals surface area contributed by atoms with Gasteiger partial charge in [0.1, 0.15) is 54.3 Å². The fraction of sp³-hybridized carbons (Fsp3) is 0.500. The highest BCUT2D eigenvalue weighted by Gasteiger charge is 2.22. The molecule has 0 amide bonds. The second-order valence-corrected chi connectivity index (χ2v) is 13.0. The Morgan fingerprint density at radius 2 is 0.685 bits per heavy atom. The molecule has 294 valence electrons. The lowest BCUT2D eigenvalue weighted by Gasteiger charge is -2.16. The average Bonchev–Trinajstić information content (AvgIpc) is 3.17. The standard InChI is InChI=1S/C42H57N3O9/c1-7-10-19-49-22-25-52-34-16-13-31(37(46)28(34)4)40-43-41(32-14-17-35(29(5)38(32)47)53-26-23-50-20-11-8-2)45-42(44-40)33-15-18-36(30(6)39(33)48)54-27-24-51-21-12-9-3/h13-18,46-48H,7-12,19-27H2,1-6H3. The van der Waals surface area contributed by atoms with E-state index in [4.69, 9.17) is 43.4 Å². The smallest absolute Gasteiger partial charge is 0.167 e. The quantitative estimate of drug-likeness (QED) is 0.0589. The molecule has 0 bridgehead atoms. The Bertz CT molecular complexity index is 1570. The molecule has 0 saturated carbocycles. The molecule has 0 spiro atoms. The maximum absolute atomic E-state index is 11.4. The molecule has 12 nitrogen and oxygen atoms in total. The Hall–Kier alpha value is -4.65. The summed E-state index contributed by atoms with van der Waals surface area (Å²) in [6.45, 7) is 15.9. The van der Waals surface area contributed by atoms with Gasteiger partial charge in [0.15, 0.2) is 17.5 Å². The first-order valence-electron chi connectivity index (χ1n) is 19.1. The lowest BCUT2D eigenvalue weighted by atomic mass is 10.1. The van der Waals surface area contributed by atoms with E-state index in [1.165, 1.54) is 0 Å². The number of hydrogen-bond acceptors (Lipinski definition) is 12. The van der Waals surface area contributed by atoms with Gasteiger partial charge in [-0.25, -0.2) is 15.0 Å². The molecule has 1 aromatic heterocycles. The van der Waals surface area contributed by atoms with Crippen LogP contribution in [0.1, 0.15) is 76.0 Å². The van der Waals surface area contributed by atoms with Crippen molar-refractivity contribution in [1.82, 2.24) is 15.0 Å². The SMILES string of the molecule is CCCCOCCOc1ccc(-c2nc(-c3ccc(OCCOCCCC)c(C)c3O)nc(-c3ccc(OCCOCCCC)c(C)c3O)n2)c(O)c1C. The maximum Gasteiger partial charge on any atom is 0.167 e. The van der Waals surface area contributed by atoms with Crippen LogP contribution in [0.2, 0.25) is 0 Å². The predicted octanol–water partition coefficient (Wildman–Crippen LogP) is 8.50. The summed E-state index contributed by atoms with van der Waals surface area (Å²) in [4.78, 5) is 14.2. The molecule has 0 aliphatic heterocycles. The second kappa shape index (κ2) is 21.9. The van der Waals surface area contributed by atoms with Crippen LogP contribution in [0.25, 0.3) is 34.2 Å². The van der Waals surface area contributed by atoms with Crippen LogP contribution in [0.5, 0.6) is 34.5 Å². The first-order valence-corrected chi connectivity index (χ1v) is 19.1. The molecule has 0 saturated heterocycles. The molecule has 4 rings (SSSR count). The minimum atomic E-state index is -0.0712. The number of rotatable bonds is 24. The molecule has 0 unspecified atom stereocenters. The summed E-state index contributed by atoms with van der Waals surface area (Å²) in [5, 5.41) is 34.3. The van der Waals surface area contributed by atoms with Crippen molar-refractivity contribution < 1.29 is 43.7 Å². The molecule has 54 heavy (non-hydrogen) atoms. The minimum Gasteiger partial charge on any atom is -0.507 e. The number of hydrogen-bond donors (Lipinski definition) is 3. The van der Waals surface area contributed by atoms with Crippen molar-refractivity contribution in [2.45, 2.75) is 80.1 Å². The zero-order valence-corrected chi connectivity index (χ0v) is 32.7. The average molecular weight is 748 g/mol.